The van der Waals surface area contributed by atoms with Crippen LogP contribution in [0.15, 0.2) is 36.7 Å². The number of benzene rings is 1. The van der Waals surface area contributed by atoms with Gasteiger partial charge in [-0.2, -0.15) is 0 Å². The Kier molecular flexibility index (Phi) is 6.89. The fourth-order valence-electron chi connectivity index (χ4n) is 3.25. The quantitative estimate of drug-likeness (QED) is 0.761. The van der Waals surface area contributed by atoms with Crippen LogP contribution in [0.25, 0.3) is 0 Å². The van der Waals surface area contributed by atoms with Gasteiger partial charge in [-0.05, 0) is 43.5 Å². The molecule has 2 N–H and O–H groups in total. The maximum absolute atomic E-state index is 12.3. The topological polar surface area (TPSA) is 88.6 Å². The van der Waals surface area contributed by atoms with Crippen LogP contribution < -0.4 is 25.0 Å². The number of carbonyl (C=O) groups is 1. The Morgan fingerprint density at radius 3 is 2.86 bits per heavy atom. The third-order valence-corrected chi connectivity index (χ3v) is 4.57. The summed E-state index contributed by atoms with van der Waals surface area (Å²) in [7, 11) is 1.61. The Hall–Kier alpha value is -3.03. The summed E-state index contributed by atoms with van der Waals surface area (Å²) in [6, 6.07) is 7.32. The van der Waals surface area contributed by atoms with E-state index < -0.39 is 0 Å². The van der Waals surface area contributed by atoms with Crippen LogP contribution in [0.5, 0.6) is 11.5 Å². The zero-order chi connectivity index (χ0) is 19.8. The Labute approximate surface area is 165 Å². The summed E-state index contributed by atoms with van der Waals surface area (Å²) < 4.78 is 10.9. The summed E-state index contributed by atoms with van der Waals surface area (Å²) in [5.41, 5.74) is 0.947. The molecular weight excluding hydrogens is 358 g/mol. The van der Waals surface area contributed by atoms with Crippen LogP contribution in [-0.4, -0.2) is 48.8 Å². The first-order chi connectivity index (χ1) is 13.7. The van der Waals surface area contributed by atoms with E-state index in [0.717, 1.165) is 24.9 Å². The van der Waals surface area contributed by atoms with Crippen LogP contribution in [-0.2, 0) is 6.54 Å². The van der Waals surface area contributed by atoms with Crippen molar-refractivity contribution in [3.8, 4) is 11.5 Å². The average molecular weight is 385 g/mol. The lowest BCUT2D eigenvalue weighted by molar-refractivity contribution is 0.234. The predicted octanol–water partition coefficient (Wildman–Crippen LogP) is 2.35. The van der Waals surface area contributed by atoms with Gasteiger partial charge in [-0.3, -0.25) is 0 Å². The number of piperidine rings is 1. The molecule has 1 atom stereocenters. The van der Waals surface area contributed by atoms with Crippen molar-refractivity contribution in [3.63, 3.8) is 0 Å². The second kappa shape index (κ2) is 9.77. The highest BCUT2D eigenvalue weighted by atomic mass is 16.5. The highest BCUT2D eigenvalue weighted by Gasteiger charge is 2.22. The molecule has 1 aliphatic rings. The van der Waals surface area contributed by atoms with Crippen LogP contribution in [0.1, 0.15) is 25.3 Å². The maximum Gasteiger partial charge on any atom is 0.315 e. The summed E-state index contributed by atoms with van der Waals surface area (Å²) in [6.45, 7) is 4.49. The van der Waals surface area contributed by atoms with Crippen molar-refractivity contribution in [2.45, 2.75) is 32.4 Å². The molecule has 150 valence electrons. The number of aromatic nitrogens is 2. The lowest BCUT2D eigenvalue weighted by Gasteiger charge is -2.33. The van der Waals surface area contributed by atoms with Crippen LogP contribution >= 0.6 is 0 Å². The number of anilines is 1. The zero-order valence-corrected chi connectivity index (χ0v) is 16.4. The molecule has 1 aromatic heterocycles. The Balaban J connectivity index is 1.51. The van der Waals surface area contributed by atoms with Crippen molar-refractivity contribution in [3.05, 3.63) is 42.2 Å². The second-order valence-corrected chi connectivity index (χ2v) is 6.58. The van der Waals surface area contributed by atoms with E-state index in [-0.39, 0.29) is 12.1 Å². The molecule has 3 rings (SSSR count). The number of urea groups is 1. The van der Waals surface area contributed by atoms with Gasteiger partial charge in [0.15, 0.2) is 11.5 Å². The monoisotopic (exact) mass is 385 g/mol. The summed E-state index contributed by atoms with van der Waals surface area (Å²) in [4.78, 5) is 23.0. The Bertz CT molecular complexity index is 772. The van der Waals surface area contributed by atoms with Crippen molar-refractivity contribution in [1.29, 1.82) is 0 Å². The molecule has 2 amide bonds. The zero-order valence-electron chi connectivity index (χ0n) is 16.4. The normalized spacial score (nSPS) is 16.4. The van der Waals surface area contributed by atoms with E-state index >= 15 is 0 Å². The Morgan fingerprint density at radius 2 is 2.11 bits per heavy atom. The number of hydrogen-bond donors (Lipinski definition) is 2. The van der Waals surface area contributed by atoms with Crippen LogP contribution in [0.2, 0.25) is 0 Å². The van der Waals surface area contributed by atoms with Crippen molar-refractivity contribution < 1.29 is 14.3 Å². The van der Waals surface area contributed by atoms with E-state index in [1.807, 2.05) is 25.1 Å². The fourth-order valence-corrected chi connectivity index (χ4v) is 3.25. The molecule has 2 aromatic rings. The predicted molar refractivity (Wildman–Crippen MR) is 107 cm³/mol. The maximum atomic E-state index is 12.3. The van der Waals surface area contributed by atoms with E-state index in [0.29, 0.717) is 37.1 Å². The molecule has 8 heteroatoms. The van der Waals surface area contributed by atoms with Crippen molar-refractivity contribution in [2.75, 3.05) is 31.7 Å². The first kappa shape index (κ1) is 19.7. The first-order valence-corrected chi connectivity index (χ1v) is 9.55. The highest BCUT2D eigenvalue weighted by molar-refractivity contribution is 5.74. The van der Waals surface area contributed by atoms with Crippen molar-refractivity contribution in [2.24, 2.45) is 0 Å². The van der Waals surface area contributed by atoms with E-state index in [2.05, 4.69) is 25.5 Å². The molecule has 2 heterocycles. The smallest absolute Gasteiger partial charge is 0.315 e. The lowest BCUT2D eigenvalue weighted by atomic mass is 10.1. The van der Waals surface area contributed by atoms with E-state index in [9.17, 15) is 4.79 Å². The number of ether oxygens (including phenoxy) is 2. The first-order valence-electron chi connectivity index (χ1n) is 9.55. The molecular formula is C20H27N5O3. The van der Waals surface area contributed by atoms with Gasteiger partial charge in [0.25, 0.3) is 0 Å². The minimum absolute atomic E-state index is 0.0624. The average Bonchev–Trinajstić information content (AvgIpc) is 2.73. The molecule has 0 bridgehead atoms. The number of carbonyl (C=O) groups excluding carboxylic acids is 1. The van der Waals surface area contributed by atoms with Crippen LogP contribution in [0.4, 0.5) is 10.7 Å². The summed E-state index contributed by atoms with van der Waals surface area (Å²) >= 11 is 0. The van der Waals surface area contributed by atoms with Gasteiger partial charge in [0.05, 0.1) is 13.7 Å². The van der Waals surface area contributed by atoms with E-state index in [1.54, 1.807) is 25.6 Å². The number of nitrogens with zero attached hydrogens (tertiary/aromatic N) is 3. The van der Waals surface area contributed by atoms with Gasteiger partial charge in [0.2, 0.25) is 5.95 Å². The van der Waals surface area contributed by atoms with Gasteiger partial charge in [-0.1, -0.05) is 6.07 Å². The van der Waals surface area contributed by atoms with Gasteiger partial charge >= 0.3 is 6.03 Å². The van der Waals surface area contributed by atoms with Gasteiger partial charge in [0.1, 0.15) is 0 Å². The fraction of sp³-hybridized carbons (Fsp3) is 0.450. The highest BCUT2D eigenvalue weighted by Crippen LogP contribution is 2.28. The van der Waals surface area contributed by atoms with Crippen LogP contribution in [0, 0.1) is 0 Å². The summed E-state index contributed by atoms with van der Waals surface area (Å²) in [5.74, 6) is 2.06. The molecule has 0 radical (unpaired) electrons. The lowest BCUT2D eigenvalue weighted by Crippen LogP contribution is -2.50. The molecule has 0 saturated carbocycles. The SMILES string of the molecule is CCOc1cc(CNC(=O)NC2CCCN(c3ncccn3)C2)ccc1OC. The number of rotatable bonds is 7. The standard InChI is InChI=1S/C20H27N5O3/c1-3-28-18-12-15(7-8-17(18)27-2)13-23-20(26)24-16-6-4-11-25(14-16)19-21-9-5-10-22-19/h5,7-10,12,16H,3-4,6,11,13-14H2,1-2H3,(H2,23,24,26). The summed E-state index contributed by atoms with van der Waals surface area (Å²) in [5, 5.41) is 5.96. The number of methoxy groups -OCH3 is 1. The molecule has 1 unspecified atom stereocenters. The van der Waals surface area contributed by atoms with Crippen molar-refractivity contribution >= 4 is 12.0 Å². The number of amides is 2. The van der Waals surface area contributed by atoms with Gasteiger partial charge in [-0.15, -0.1) is 0 Å². The molecule has 8 nitrogen and oxygen atoms in total. The third-order valence-electron chi connectivity index (χ3n) is 4.57. The number of nitrogens with one attached hydrogen (secondary N) is 2. The minimum atomic E-state index is -0.186. The molecule has 0 spiro atoms. The van der Waals surface area contributed by atoms with Gasteiger partial charge in [0, 0.05) is 38.1 Å². The van der Waals surface area contributed by atoms with E-state index in [1.165, 1.54) is 0 Å². The molecule has 1 fully saturated rings. The van der Waals surface area contributed by atoms with Gasteiger partial charge < -0.3 is 25.0 Å². The molecule has 1 saturated heterocycles. The van der Waals surface area contributed by atoms with Crippen LogP contribution in [0.3, 0.4) is 0 Å². The molecule has 1 aromatic carbocycles. The summed E-state index contributed by atoms with van der Waals surface area (Å²) in [6.07, 6.45) is 5.39. The third kappa shape index (κ3) is 5.25. The Morgan fingerprint density at radius 1 is 1.29 bits per heavy atom. The van der Waals surface area contributed by atoms with Gasteiger partial charge in [-0.25, -0.2) is 14.8 Å². The number of hydrogen-bond acceptors (Lipinski definition) is 6. The molecule has 28 heavy (non-hydrogen) atoms. The molecule has 1 aliphatic heterocycles. The largest absolute Gasteiger partial charge is 0.493 e. The minimum Gasteiger partial charge on any atom is -0.493 e. The second-order valence-electron chi connectivity index (χ2n) is 6.58. The van der Waals surface area contributed by atoms with Crippen molar-refractivity contribution in [1.82, 2.24) is 20.6 Å². The molecule has 0 aliphatic carbocycles. The van der Waals surface area contributed by atoms with E-state index in [4.69, 9.17) is 9.47 Å².